The summed E-state index contributed by atoms with van der Waals surface area (Å²) >= 11 is 1.41. The predicted octanol–water partition coefficient (Wildman–Crippen LogP) is 3.83. The standard InChI is InChI=1S/C15H21N3S/c1-9(2)11-5-7-12(8-6-11)13(16)15-14(10(3)4)17-18-19-15/h5-10,13H,16H2,1-4H3. The van der Waals surface area contributed by atoms with Gasteiger partial charge in [0.2, 0.25) is 0 Å². The van der Waals surface area contributed by atoms with E-state index >= 15 is 0 Å². The van der Waals surface area contributed by atoms with Crippen LogP contribution >= 0.6 is 11.5 Å². The second-order valence-electron chi connectivity index (χ2n) is 5.48. The van der Waals surface area contributed by atoms with Crippen molar-refractivity contribution in [3.8, 4) is 0 Å². The molecule has 0 fully saturated rings. The van der Waals surface area contributed by atoms with Gasteiger partial charge in [0, 0.05) is 0 Å². The Morgan fingerprint density at radius 2 is 1.53 bits per heavy atom. The van der Waals surface area contributed by atoms with E-state index in [0.29, 0.717) is 11.8 Å². The minimum atomic E-state index is -0.126. The smallest absolute Gasteiger partial charge is 0.0832 e. The van der Waals surface area contributed by atoms with Crippen LogP contribution in [0.5, 0.6) is 0 Å². The minimum Gasteiger partial charge on any atom is -0.320 e. The van der Waals surface area contributed by atoms with E-state index in [1.807, 2.05) is 0 Å². The van der Waals surface area contributed by atoms with Crippen LogP contribution in [0, 0.1) is 0 Å². The third kappa shape index (κ3) is 3.01. The Morgan fingerprint density at radius 1 is 0.947 bits per heavy atom. The van der Waals surface area contributed by atoms with Crippen LogP contribution in [0.15, 0.2) is 24.3 Å². The van der Waals surface area contributed by atoms with Crippen LogP contribution < -0.4 is 5.73 Å². The van der Waals surface area contributed by atoms with Gasteiger partial charge in [0.15, 0.2) is 0 Å². The number of nitrogens with two attached hydrogens (primary N) is 1. The quantitative estimate of drug-likeness (QED) is 0.922. The molecule has 19 heavy (non-hydrogen) atoms. The van der Waals surface area contributed by atoms with Crippen LogP contribution in [-0.2, 0) is 0 Å². The third-order valence-electron chi connectivity index (χ3n) is 3.33. The van der Waals surface area contributed by atoms with Crippen molar-refractivity contribution in [3.63, 3.8) is 0 Å². The summed E-state index contributed by atoms with van der Waals surface area (Å²) in [5, 5.41) is 4.20. The van der Waals surface area contributed by atoms with Gasteiger partial charge in [-0.2, -0.15) is 0 Å². The van der Waals surface area contributed by atoms with E-state index < -0.39 is 0 Å². The van der Waals surface area contributed by atoms with Gasteiger partial charge in [-0.15, -0.1) is 5.10 Å². The largest absolute Gasteiger partial charge is 0.320 e. The Morgan fingerprint density at radius 3 is 2.05 bits per heavy atom. The topological polar surface area (TPSA) is 51.8 Å². The van der Waals surface area contributed by atoms with Crippen LogP contribution in [-0.4, -0.2) is 9.59 Å². The molecular weight excluding hydrogens is 254 g/mol. The van der Waals surface area contributed by atoms with Gasteiger partial charge in [0.1, 0.15) is 0 Å². The summed E-state index contributed by atoms with van der Waals surface area (Å²) < 4.78 is 4.05. The highest BCUT2D eigenvalue weighted by Crippen LogP contribution is 2.29. The van der Waals surface area contributed by atoms with Gasteiger partial charge < -0.3 is 5.73 Å². The normalized spacial score (nSPS) is 13.2. The highest BCUT2D eigenvalue weighted by molar-refractivity contribution is 7.05. The Bertz CT molecular complexity index is 529. The van der Waals surface area contributed by atoms with Crippen LogP contribution in [0.2, 0.25) is 0 Å². The maximum absolute atomic E-state index is 6.36. The summed E-state index contributed by atoms with van der Waals surface area (Å²) in [5.41, 5.74) is 9.83. The molecule has 0 radical (unpaired) electrons. The Hall–Kier alpha value is -1.26. The molecule has 1 aromatic carbocycles. The van der Waals surface area contributed by atoms with Crippen LogP contribution in [0.4, 0.5) is 0 Å². The van der Waals surface area contributed by atoms with E-state index in [1.54, 1.807) is 0 Å². The number of benzene rings is 1. The van der Waals surface area contributed by atoms with Crippen molar-refractivity contribution in [1.29, 1.82) is 0 Å². The predicted molar refractivity (Wildman–Crippen MR) is 80.6 cm³/mol. The lowest BCUT2D eigenvalue weighted by atomic mass is 9.97. The summed E-state index contributed by atoms with van der Waals surface area (Å²) in [6.45, 7) is 8.63. The lowest BCUT2D eigenvalue weighted by Gasteiger charge is -2.14. The molecule has 0 spiro atoms. The van der Waals surface area contributed by atoms with Gasteiger partial charge in [-0.25, -0.2) is 0 Å². The van der Waals surface area contributed by atoms with Crippen molar-refractivity contribution >= 4 is 11.5 Å². The van der Waals surface area contributed by atoms with Crippen LogP contribution in [0.25, 0.3) is 0 Å². The number of hydrogen-bond donors (Lipinski definition) is 1. The summed E-state index contributed by atoms with van der Waals surface area (Å²) in [4.78, 5) is 1.08. The van der Waals surface area contributed by atoms with Gasteiger partial charge in [0.25, 0.3) is 0 Å². The fourth-order valence-corrected chi connectivity index (χ4v) is 2.90. The van der Waals surface area contributed by atoms with Gasteiger partial charge in [-0.3, -0.25) is 0 Å². The summed E-state index contributed by atoms with van der Waals surface area (Å²) in [7, 11) is 0. The van der Waals surface area contributed by atoms with Crippen molar-refractivity contribution in [2.45, 2.75) is 45.6 Å². The summed E-state index contributed by atoms with van der Waals surface area (Å²) in [6, 6.07) is 8.42. The Kier molecular flexibility index (Phi) is 4.32. The summed E-state index contributed by atoms with van der Waals surface area (Å²) in [6.07, 6.45) is 0. The number of nitrogens with zero attached hydrogens (tertiary/aromatic N) is 2. The zero-order chi connectivity index (χ0) is 14.0. The molecule has 0 saturated heterocycles. The highest BCUT2D eigenvalue weighted by Gasteiger charge is 2.19. The molecule has 0 aliphatic rings. The van der Waals surface area contributed by atoms with E-state index in [-0.39, 0.29) is 6.04 Å². The first-order chi connectivity index (χ1) is 9.00. The highest BCUT2D eigenvalue weighted by atomic mass is 32.1. The van der Waals surface area contributed by atoms with Crippen LogP contribution in [0.3, 0.4) is 0 Å². The maximum Gasteiger partial charge on any atom is 0.0832 e. The molecular formula is C15H21N3S. The number of hydrogen-bond acceptors (Lipinski definition) is 4. The van der Waals surface area contributed by atoms with Crippen molar-refractivity contribution in [2.24, 2.45) is 5.73 Å². The van der Waals surface area contributed by atoms with E-state index in [1.165, 1.54) is 17.1 Å². The lowest BCUT2D eigenvalue weighted by molar-refractivity contribution is 0.770. The van der Waals surface area contributed by atoms with Gasteiger partial charge >= 0.3 is 0 Å². The SMILES string of the molecule is CC(C)c1ccc(C(N)c2snnc2C(C)C)cc1. The zero-order valence-electron chi connectivity index (χ0n) is 11.9. The first kappa shape index (κ1) is 14.2. The number of rotatable bonds is 4. The second kappa shape index (κ2) is 5.80. The monoisotopic (exact) mass is 275 g/mol. The van der Waals surface area contributed by atoms with E-state index in [4.69, 9.17) is 5.73 Å². The minimum absolute atomic E-state index is 0.126. The van der Waals surface area contributed by atoms with E-state index in [2.05, 4.69) is 61.5 Å². The van der Waals surface area contributed by atoms with Crippen molar-refractivity contribution in [2.75, 3.05) is 0 Å². The second-order valence-corrected chi connectivity index (χ2v) is 6.26. The maximum atomic E-state index is 6.36. The molecule has 1 aromatic heterocycles. The van der Waals surface area contributed by atoms with Crippen LogP contribution in [0.1, 0.15) is 67.3 Å². The van der Waals surface area contributed by atoms with Gasteiger partial charge in [-0.05, 0) is 34.5 Å². The average Bonchev–Trinajstić information content (AvgIpc) is 2.87. The molecule has 102 valence electrons. The molecule has 0 saturated carbocycles. The zero-order valence-corrected chi connectivity index (χ0v) is 12.7. The molecule has 1 unspecified atom stereocenters. The van der Waals surface area contributed by atoms with E-state index in [9.17, 15) is 0 Å². The molecule has 0 aliphatic carbocycles. The van der Waals surface area contributed by atoms with Gasteiger partial charge in [-0.1, -0.05) is 56.4 Å². The molecule has 2 aromatic rings. The Balaban J connectivity index is 2.28. The molecule has 1 atom stereocenters. The fraction of sp³-hybridized carbons (Fsp3) is 0.467. The molecule has 4 heteroatoms. The molecule has 0 amide bonds. The lowest BCUT2D eigenvalue weighted by Crippen LogP contribution is -2.13. The average molecular weight is 275 g/mol. The molecule has 2 N–H and O–H groups in total. The van der Waals surface area contributed by atoms with Crippen molar-refractivity contribution in [3.05, 3.63) is 46.0 Å². The first-order valence-corrected chi connectivity index (χ1v) is 7.45. The molecule has 2 rings (SSSR count). The van der Waals surface area contributed by atoms with E-state index in [0.717, 1.165) is 16.1 Å². The number of aromatic nitrogens is 2. The summed E-state index contributed by atoms with van der Waals surface area (Å²) in [5.74, 6) is 0.899. The molecule has 3 nitrogen and oxygen atoms in total. The van der Waals surface area contributed by atoms with Crippen molar-refractivity contribution in [1.82, 2.24) is 9.59 Å². The third-order valence-corrected chi connectivity index (χ3v) is 4.15. The molecule has 0 aliphatic heterocycles. The van der Waals surface area contributed by atoms with Crippen molar-refractivity contribution < 1.29 is 0 Å². The van der Waals surface area contributed by atoms with Gasteiger partial charge in [0.05, 0.1) is 16.6 Å². The molecule has 0 bridgehead atoms. The Labute approximate surface area is 119 Å². The first-order valence-electron chi connectivity index (χ1n) is 6.68. The molecule has 1 heterocycles. The fourth-order valence-electron chi connectivity index (χ4n) is 2.06.